The largest absolute Gasteiger partial charge is 0.679 e. The second-order valence-electron chi connectivity index (χ2n) is 18.9. The number of nitrogens with one attached hydrogen (secondary N) is 1. The molecule has 6 rings (SSSR count). The van der Waals surface area contributed by atoms with Crippen LogP contribution in [0.3, 0.4) is 0 Å². The zero-order valence-electron chi connectivity index (χ0n) is 45.4. The summed E-state index contributed by atoms with van der Waals surface area (Å²) < 4.78 is 48.2. The van der Waals surface area contributed by atoms with Gasteiger partial charge in [0.2, 0.25) is 5.91 Å². The van der Waals surface area contributed by atoms with E-state index in [2.05, 4.69) is 10.1 Å². The van der Waals surface area contributed by atoms with Gasteiger partial charge in [0.25, 0.3) is 0 Å². The summed E-state index contributed by atoms with van der Waals surface area (Å²) in [5.41, 5.74) is 4.29. The number of unbranched alkanes of at least 4 members (excludes halogenated alkanes) is 1. The average molecular weight is 1150 g/mol. The van der Waals surface area contributed by atoms with E-state index in [-0.39, 0.29) is 82.9 Å². The maximum absolute atomic E-state index is 15.6. The Hall–Kier alpha value is -9.11. The van der Waals surface area contributed by atoms with Crippen molar-refractivity contribution in [3.05, 3.63) is 132 Å². The average Bonchev–Trinajstić information content (AvgIpc) is 2.67. The van der Waals surface area contributed by atoms with Gasteiger partial charge in [0.05, 0.1) is 58.7 Å². The molecule has 0 unspecified atom stereocenters. The molecule has 4 aromatic carbocycles. The summed E-state index contributed by atoms with van der Waals surface area (Å²) >= 11 is 0. The Bertz CT molecular complexity index is 3110. The maximum Gasteiger partial charge on any atom is 0.679 e. The number of ether oxygens (including phenoxy) is 3. The summed E-state index contributed by atoms with van der Waals surface area (Å²) in [6.45, 7) is -3.23. The van der Waals surface area contributed by atoms with Gasteiger partial charge < -0.3 is 49.5 Å². The highest BCUT2D eigenvalue weighted by molar-refractivity contribution is 6.43. The van der Waals surface area contributed by atoms with Crippen molar-refractivity contribution in [3.8, 4) is 33.9 Å². The summed E-state index contributed by atoms with van der Waals surface area (Å²) in [6.07, 6.45) is 2.79. The van der Waals surface area contributed by atoms with Crippen molar-refractivity contribution in [2.24, 2.45) is 9.98 Å². The number of halogens is 2. The van der Waals surface area contributed by atoms with Gasteiger partial charge in [0, 0.05) is 68.2 Å². The number of hydrogen-bond acceptors (Lipinski definition) is 15. The molecule has 23 nitrogen and oxygen atoms in total. The fourth-order valence-corrected chi connectivity index (χ4v) is 8.77. The molecule has 0 saturated carbocycles. The number of carbonyl (C=O) groups is 7. The summed E-state index contributed by atoms with van der Waals surface area (Å²) in [7, 11) is -1.78. The normalized spacial score (nSPS) is 12.6. The zero-order chi connectivity index (χ0) is 59.8. The summed E-state index contributed by atoms with van der Waals surface area (Å²) in [5.74, 6) is -6.26. The van der Waals surface area contributed by atoms with Crippen LogP contribution in [0.5, 0.6) is 11.5 Å². The molecule has 6 N–H and O–H groups in total. The lowest BCUT2D eigenvalue weighted by Gasteiger charge is -2.29. The Morgan fingerprint density at radius 3 is 1.55 bits per heavy atom. The number of carbonyl (C=O) groups excluding carboxylic acids is 2. The van der Waals surface area contributed by atoms with Gasteiger partial charge in [0.15, 0.2) is 12.4 Å². The second kappa shape index (κ2) is 31.8. The number of carboxylic acid groups (broad SMARTS) is 5. The number of aliphatic carboxylic acids is 5. The molecule has 0 aliphatic carbocycles. The van der Waals surface area contributed by atoms with Gasteiger partial charge in [-0.2, -0.15) is 0 Å². The number of hydrogen-bond donors (Lipinski definition) is 6. The number of nitrogens with zero attached hydrogens (tertiary/aromatic N) is 7. The van der Waals surface area contributed by atoms with Crippen LogP contribution in [0.15, 0.2) is 131 Å². The minimum atomic E-state index is -3.04. The number of esters is 1. The number of allylic oxidation sites excluding steroid dienone is 1. The van der Waals surface area contributed by atoms with Gasteiger partial charge in [-0.15, -0.1) is 0 Å². The molecule has 1 amide bonds. The summed E-state index contributed by atoms with van der Waals surface area (Å²) in [6, 6.07) is 33.6. The van der Waals surface area contributed by atoms with Crippen molar-refractivity contribution >= 4 is 72.1 Å². The summed E-state index contributed by atoms with van der Waals surface area (Å²) in [4.78, 5) is 97.3. The van der Waals surface area contributed by atoms with Crippen LogP contribution in [0.4, 0.5) is 14.4 Å². The molecule has 0 spiro atoms. The number of carboxylic acids is 5. The lowest BCUT2D eigenvalue weighted by molar-refractivity contribution is -0.143. The highest BCUT2D eigenvalue weighted by atomic mass is 19.2. The third-order valence-corrected chi connectivity index (χ3v) is 12.7. The van der Waals surface area contributed by atoms with E-state index in [1.54, 1.807) is 78.9 Å². The number of methoxy groups -OCH3 is 1. The number of aliphatic imine (C=N–C) groups is 2. The van der Waals surface area contributed by atoms with Gasteiger partial charge in [-0.1, -0.05) is 72.8 Å². The molecule has 0 fully saturated rings. The highest BCUT2D eigenvalue weighted by Gasteiger charge is 2.30. The molecule has 0 bridgehead atoms. The van der Waals surface area contributed by atoms with Crippen molar-refractivity contribution in [1.82, 2.24) is 29.4 Å². The van der Waals surface area contributed by atoms with E-state index in [1.165, 1.54) is 21.8 Å². The number of aromatic nitrogens is 1. The Morgan fingerprint density at radius 1 is 0.578 bits per heavy atom. The molecule has 26 heteroatoms. The molecular formula is C57H63BF2N8O15. The topological polar surface area (TPSA) is 303 Å². The highest BCUT2D eigenvalue weighted by Crippen LogP contribution is 2.41. The van der Waals surface area contributed by atoms with Crippen LogP contribution >= 0.6 is 0 Å². The SMILES string of the molecule is COC(=O)COc1ccc(C2=CC(c3ccccc3)=NC2=Nc2c(-c3ccccc3)cc(-c3ccc(OCCCCNC(=O)CN(CCN(CCN(CCN(CC(=O)O)CC(=O)O)CC(=O)O)CC(=O)O)CC(=O)O)cc3)n2B(F)F)cc1. The molecule has 2 heterocycles. The number of benzene rings is 4. The number of rotatable bonds is 36. The van der Waals surface area contributed by atoms with Gasteiger partial charge >= 0.3 is 43.2 Å². The van der Waals surface area contributed by atoms with Crippen LogP contribution in [-0.2, 0) is 38.3 Å². The van der Waals surface area contributed by atoms with Crippen LogP contribution in [0.1, 0.15) is 24.0 Å². The molecule has 5 aromatic rings. The van der Waals surface area contributed by atoms with Gasteiger partial charge in [-0.3, -0.25) is 57.0 Å². The first-order chi connectivity index (χ1) is 39.8. The molecule has 0 atom stereocenters. The van der Waals surface area contributed by atoms with Crippen molar-refractivity contribution in [2.75, 3.05) is 105 Å². The predicted octanol–water partition coefficient (Wildman–Crippen LogP) is 4.67. The number of amides is 1. The first-order valence-electron chi connectivity index (χ1n) is 26.2. The Balaban J connectivity index is 1.07. The first-order valence-corrected chi connectivity index (χ1v) is 26.2. The third kappa shape index (κ3) is 20.4. The Kier molecular flexibility index (Phi) is 24.1. The van der Waals surface area contributed by atoms with E-state index in [4.69, 9.17) is 29.7 Å². The van der Waals surface area contributed by atoms with Crippen molar-refractivity contribution in [2.45, 2.75) is 12.8 Å². The molecule has 83 heavy (non-hydrogen) atoms. The van der Waals surface area contributed by atoms with Gasteiger partial charge in [0.1, 0.15) is 17.3 Å². The maximum atomic E-state index is 15.6. The molecule has 1 aromatic heterocycles. The van der Waals surface area contributed by atoms with Gasteiger partial charge in [-0.05, 0) is 78.1 Å². The predicted molar refractivity (Wildman–Crippen MR) is 302 cm³/mol. The van der Waals surface area contributed by atoms with E-state index >= 15 is 8.63 Å². The van der Waals surface area contributed by atoms with E-state index in [9.17, 15) is 48.9 Å². The number of amidine groups is 1. The van der Waals surface area contributed by atoms with Crippen LogP contribution in [-0.4, -0.2) is 216 Å². The monoisotopic (exact) mass is 1150 g/mol. The van der Waals surface area contributed by atoms with Gasteiger partial charge in [-0.25, -0.2) is 14.8 Å². The molecule has 1 aliphatic rings. The fourth-order valence-electron chi connectivity index (χ4n) is 8.77. The lowest BCUT2D eigenvalue weighted by Crippen LogP contribution is -2.47. The van der Waals surface area contributed by atoms with Crippen molar-refractivity contribution < 1.29 is 81.9 Å². The van der Waals surface area contributed by atoms with E-state index in [0.717, 1.165) is 14.9 Å². The zero-order valence-corrected chi connectivity index (χ0v) is 45.4. The van der Waals surface area contributed by atoms with Crippen molar-refractivity contribution in [1.29, 1.82) is 0 Å². The van der Waals surface area contributed by atoms with E-state index in [0.29, 0.717) is 57.9 Å². The minimum absolute atomic E-state index is 0.0125. The van der Waals surface area contributed by atoms with Crippen molar-refractivity contribution in [3.63, 3.8) is 0 Å². The smallest absolute Gasteiger partial charge is 0.494 e. The van der Waals surface area contributed by atoms with Crippen LogP contribution < -0.4 is 14.8 Å². The van der Waals surface area contributed by atoms with Crippen LogP contribution in [0, 0.1) is 0 Å². The quantitative estimate of drug-likeness (QED) is 0.0180. The Morgan fingerprint density at radius 2 is 1.05 bits per heavy atom. The van der Waals surface area contributed by atoms with E-state index < -0.39 is 81.8 Å². The van der Waals surface area contributed by atoms with E-state index in [1.807, 2.05) is 42.5 Å². The molecule has 0 saturated heterocycles. The molecule has 1 aliphatic heterocycles. The summed E-state index contributed by atoms with van der Waals surface area (Å²) in [5, 5.41) is 49.7. The Labute approximate surface area is 476 Å². The van der Waals surface area contributed by atoms with Crippen LogP contribution in [0.25, 0.3) is 28.0 Å². The standard InChI is InChI=1S/C57H63BF2N8O15/c1-81-55(80)38-83-44-18-14-40(15-19-44)45-30-47(41-12-6-3-7-13-41)62-56(45)63-57-46(39-10-4-2-5-11-39)31-48(68(57)58(59)60)42-16-20-43(21-17-42)82-29-9-8-22-61-49(69)32-66(35-52(74)75)27-25-64(33-50(70)71)23-24-65(34-51(72)73)26-28-67(36-53(76)77)37-54(78)79/h2-7,10-21,30-31H,8-9,22-29,32-38H2,1H3,(H,61,69)(H,70,71)(H,72,73)(H,74,75)(H,76,77)(H,78,79). The molecular weight excluding hydrogens is 1090 g/mol. The van der Waals surface area contributed by atoms with Crippen LogP contribution in [0.2, 0.25) is 0 Å². The molecule has 0 radical (unpaired) electrons. The third-order valence-electron chi connectivity index (χ3n) is 12.7. The first kappa shape index (κ1) is 63.1. The minimum Gasteiger partial charge on any atom is -0.494 e. The lowest BCUT2D eigenvalue weighted by atomic mass is 10.0. The second-order valence-corrected chi connectivity index (χ2v) is 18.9. The molecule has 438 valence electrons. The fraction of sp³-hybridized carbons (Fsp3) is 0.316.